The maximum absolute atomic E-state index is 12.8. The highest BCUT2D eigenvalue weighted by Crippen LogP contribution is 2.36. The molecule has 0 saturated heterocycles. The lowest BCUT2D eigenvalue weighted by Gasteiger charge is -2.33. The fourth-order valence-corrected chi connectivity index (χ4v) is 2.94. The van der Waals surface area contributed by atoms with E-state index in [9.17, 15) is 9.59 Å². The van der Waals surface area contributed by atoms with E-state index in [4.69, 9.17) is 16.3 Å². The highest BCUT2D eigenvalue weighted by Gasteiger charge is 2.47. The monoisotopic (exact) mass is 362 g/mol. The van der Waals surface area contributed by atoms with Crippen LogP contribution in [-0.4, -0.2) is 27.2 Å². The summed E-state index contributed by atoms with van der Waals surface area (Å²) in [7, 11) is 0. The summed E-state index contributed by atoms with van der Waals surface area (Å²) in [5.41, 5.74) is 0.828. The number of nitrogens with one attached hydrogen (secondary N) is 2. The van der Waals surface area contributed by atoms with Gasteiger partial charge in [-0.25, -0.2) is 0 Å². The Morgan fingerprint density at radius 3 is 2.80 bits per heavy atom. The first-order chi connectivity index (χ1) is 11.8. The van der Waals surface area contributed by atoms with Gasteiger partial charge >= 0.3 is 0 Å². The van der Waals surface area contributed by atoms with Crippen molar-refractivity contribution in [1.82, 2.24) is 9.78 Å². The molecule has 0 bridgehead atoms. The van der Waals surface area contributed by atoms with Gasteiger partial charge in [0.05, 0.1) is 22.8 Å². The molecule has 7 nitrogen and oxygen atoms in total. The van der Waals surface area contributed by atoms with Crippen molar-refractivity contribution < 1.29 is 14.3 Å². The molecule has 3 rings (SSSR count). The third-order valence-electron chi connectivity index (χ3n) is 4.29. The molecule has 1 aliphatic heterocycles. The molecule has 0 saturated carbocycles. The van der Waals surface area contributed by atoms with Crippen LogP contribution in [0.2, 0.25) is 5.02 Å². The minimum absolute atomic E-state index is 0.388. The molecule has 2 amide bonds. The minimum Gasteiger partial charge on any atom is -0.466 e. The molecule has 1 unspecified atom stereocenters. The van der Waals surface area contributed by atoms with Gasteiger partial charge in [-0.2, -0.15) is 5.10 Å². The quantitative estimate of drug-likeness (QED) is 0.822. The lowest BCUT2D eigenvalue weighted by molar-refractivity contribution is -0.143. The van der Waals surface area contributed by atoms with Crippen LogP contribution < -0.4 is 15.4 Å². The van der Waals surface area contributed by atoms with Crippen molar-refractivity contribution in [1.29, 1.82) is 0 Å². The van der Waals surface area contributed by atoms with Crippen LogP contribution in [0.15, 0.2) is 18.2 Å². The third-order valence-corrected chi connectivity index (χ3v) is 4.53. The average molecular weight is 363 g/mol. The molecule has 2 heterocycles. The van der Waals surface area contributed by atoms with Gasteiger partial charge in [0.2, 0.25) is 0 Å². The van der Waals surface area contributed by atoms with Crippen molar-refractivity contribution in [2.75, 3.05) is 10.6 Å². The van der Waals surface area contributed by atoms with E-state index in [1.807, 2.05) is 13.8 Å². The number of fused-ring (bicyclic) bond motifs is 1. The van der Waals surface area contributed by atoms with Gasteiger partial charge in [-0.3, -0.25) is 14.3 Å². The summed E-state index contributed by atoms with van der Waals surface area (Å²) in [6.45, 7) is 7.75. The summed E-state index contributed by atoms with van der Waals surface area (Å²) in [6.07, 6.45) is 0. The van der Waals surface area contributed by atoms with Gasteiger partial charge in [0.1, 0.15) is 5.75 Å². The normalized spacial score (nSPS) is 19.0. The van der Waals surface area contributed by atoms with Crippen LogP contribution in [0, 0.1) is 13.8 Å². The molecule has 25 heavy (non-hydrogen) atoms. The Bertz CT molecular complexity index is 877. The second-order valence-electron chi connectivity index (χ2n) is 6.05. The lowest BCUT2D eigenvalue weighted by Crippen LogP contribution is -2.56. The van der Waals surface area contributed by atoms with E-state index < -0.39 is 17.4 Å². The van der Waals surface area contributed by atoms with Crippen LogP contribution in [-0.2, 0) is 16.1 Å². The highest BCUT2D eigenvalue weighted by molar-refractivity contribution is 6.31. The molecular weight excluding hydrogens is 344 g/mol. The average Bonchev–Trinajstić information content (AvgIpc) is 2.83. The van der Waals surface area contributed by atoms with Gasteiger partial charge in [0, 0.05) is 11.6 Å². The number of carbonyl (C=O) groups excluding carboxylic acids is 2. The lowest BCUT2D eigenvalue weighted by atomic mass is 10.0. The molecule has 8 heteroatoms. The first-order valence-corrected chi connectivity index (χ1v) is 8.29. The van der Waals surface area contributed by atoms with E-state index in [0.717, 1.165) is 5.69 Å². The topological polar surface area (TPSA) is 85.2 Å². The van der Waals surface area contributed by atoms with Crippen LogP contribution in [0.5, 0.6) is 5.75 Å². The van der Waals surface area contributed by atoms with Gasteiger partial charge in [0.25, 0.3) is 17.4 Å². The fraction of sp³-hybridized carbons (Fsp3) is 0.353. The molecule has 0 aliphatic carbocycles. The second kappa shape index (κ2) is 6.07. The Morgan fingerprint density at radius 2 is 2.16 bits per heavy atom. The summed E-state index contributed by atoms with van der Waals surface area (Å²) in [4.78, 5) is 25.3. The molecule has 132 valence electrons. The number of hydrogen-bond acceptors (Lipinski definition) is 4. The molecule has 1 aromatic heterocycles. The maximum atomic E-state index is 12.8. The van der Waals surface area contributed by atoms with Crippen molar-refractivity contribution in [3.05, 3.63) is 34.6 Å². The molecule has 0 spiro atoms. The number of carbonyl (C=O) groups is 2. The van der Waals surface area contributed by atoms with Gasteiger partial charge in [-0.05, 0) is 45.9 Å². The van der Waals surface area contributed by atoms with Crippen molar-refractivity contribution in [2.45, 2.75) is 39.8 Å². The van der Waals surface area contributed by atoms with Gasteiger partial charge in [0.15, 0.2) is 0 Å². The predicted octanol–water partition coefficient (Wildman–Crippen LogP) is 2.90. The number of ether oxygens (including phenoxy) is 1. The van der Waals surface area contributed by atoms with E-state index in [0.29, 0.717) is 34.4 Å². The number of rotatable bonds is 3. The number of amides is 2. The van der Waals surface area contributed by atoms with Crippen molar-refractivity contribution in [2.24, 2.45) is 0 Å². The third kappa shape index (κ3) is 2.84. The SMILES string of the molecule is CCn1nc(C)c(NC(=O)C2(C)Oc3ccc(Cl)cc3NC2=O)c1C. The summed E-state index contributed by atoms with van der Waals surface area (Å²) in [5, 5.41) is 10.3. The number of aromatic nitrogens is 2. The Labute approximate surface area is 150 Å². The summed E-state index contributed by atoms with van der Waals surface area (Å²) < 4.78 is 7.51. The second-order valence-corrected chi connectivity index (χ2v) is 6.48. The fourth-order valence-electron chi connectivity index (χ4n) is 2.76. The van der Waals surface area contributed by atoms with Gasteiger partial charge < -0.3 is 15.4 Å². The smallest absolute Gasteiger partial charge is 0.278 e. The summed E-state index contributed by atoms with van der Waals surface area (Å²) in [6, 6.07) is 4.83. The molecule has 1 aromatic carbocycles. The van der Waals surface area contributed by atoms with Gasteiger partial charge in [-0.15, -0.1) is 0 Å². The molecule has 2 aromatic rings. The first kappa shape index (κ1) is 17.3. The Hall–Kier alpha value is -2.54. The number of hydrogen-bond donors (Lipinski definition) is 2. The summed E-state index contributed by atoms with van der Waals surface area (Å²) in [5.74, 6) is -0.732. The van der Waals surface area contributed by atoms with Crippen LogP contribution in [0.25, 0.3) is 0 Å². The van der Waals surface area contributed by atoms with Crippen LogP contribution in [0.3, 0.4) is 0 Å². The molecule has 0 fully saturated rings. The summed E-state index contributed by atoms with van der Waals surface area (Å²) >= 11 is 5.92. The molecule has 1 aliphatic rings. The maximum Gasteiger partial charge on any atom is 0.278 e. The minimum atomic E-state index is -1.70. The number of nitrogens with zero attached hydrogens (tertiary/aromatic N) is 2. The van der Waals surface area contributed by atoms with E-state index in [1.54, 1.807) is 29.8 Å². The van der Waals surface area contributed by atoms with Crippen LogP contribution >= 0.6 is 11.6 Å². The first-order valence-electron chi connectivity index (χ1n) is 7.91. The molecular formula is C17H19ClN4O3. The Kier molecular flexibility index (Phi) is 4.20. The zero-order valence-corrected chi connectivity index (χ0v) is 15.2. The van der Waals surface area contributed by atoms with Crippen molar-refractivity contribution in [3.63, 3.8) is 0 Å². The highest BCUT2D eigenvalue weighted by atomic mass is 35.5. The van der Waals surface area contributed by atoms with Crippen molar-refractivity contribution in [3.8, 4) is 5.75 Å². The predicted molar refractivity (Wildman–Crippen MR) is 95.1 cm³/mol. The van der Waals surface area contributed by atoms with E-state index in [2.05, 4.69) is 15.7 Å². The largest absolute Gasteiger partial charge is 0.466 e. The number of halogens is 1. The Balaban J connectivity index is 1.90. The van der Waals surface area contributed by atoms with Crippen molar-refractivity contribution >= 4 is 34.8 Å². The number of anilines is 2. The number of aryl methyl sites for hydroxylation is 2. The van der Waals surface area contributed by atoms with E-state index >= 15 is 0 Å². The zero-order valence-electron chi connectivity index (χ0n) is 14.4. The van der Waals surface area contributed by atoms with Gasteiger partial charge in [-0.1, -0.05) is 11.6 Å². The molecule has 1 atom stereocenters. The zero-order chi connectivity index (χ0) is 18.4. The van der Waals surface area contributed by atoms with Crippen LogP contribution in [0.4, 0.5) is 11.4 Å². The number of benzene rings is 1. The van der Waals surface area contributed by atoms with Crippen LogP contribution in [0.1, 0.15) is 25.2 Å². The Morgan fingerprint density at radius 1 is 1.44 bits per heavy atom. The van der Waals surface area contributed by atoms with E-state index in [-0.39, 0.29) is 0 Å². The molecule has 0 radical (unpaired) electrons. The molecule has 2 N–H and O–H groups in total. The standard InChI is InChI=1S/C17H19ClN4O3/c1-5-22-10(3)14(9(2)21-22)20-16(24)17(4)15(23)19-12-8-11(18)6-7-13(12)25-17/h6-8H,5H2,1-4H3,(H,19,23)(H,20,24). The van der Waals surface area contributed by atoms with E-state index in [1.165, 1.54) is 6.92 Å².